The van der Waals surface area contributed by atoms with Crippen LogP contribution in [0.25, 0.3) is 22.3 Å². The summed E-state index contributed by atoms with van der Waals surface area (Å²) in [6, 6.07) is 15.5. The highest BCUT2D eigenvalue weighted by atomic mass is 16.5. The molecule has 0 amide bonds. The van der Waals surface area contributed by atoms with E-state index in [9.17, 15) is 4.79 Å². The van der Waals surface area contributed by atoms with Gasteiger partial charge in [0, 0.05) is 12.1 Å². The third-order valence-corrected chi connectivity index (χ3v) is 7.60. The zero-order chi connectivity index (χ0) is 25.4. The number of aromatic amines is 1. The summed E-state index contributed by atoms with van der Waals surface area (Å²) < 4.78 is 7.31. The average molecular weight is 497 g/mol. The van der Waals surface area contributed by atoms with Crippen LogP contribution in [0.15, 0.2) is 59.4 Å². The second-order valence-electron chi connectivity index (χ2n) is 10.4. The number of H-pyrrole nitrogens is 1. The van der Waals surface area contributed by atoms with Gasteiger partial charge in [0.25, 0.3) is 0 Å². The van der Waals surface area contributed by atoms with Crippen molar-refractivity contribution in [2.45, 2.75) is 57.7 Å². The van der Waals surface area contributed by atoms with E-state index in [4.69, 9.17) is 10.5 Å². The van der Waals surface area contributed by atoms with Gasteiger partial charge in [0.2, 0.25) is 0 Å². The van der Waals surface area contributed by atoms with Crippen LogP contribution in [-0.2, 0) is 19.5 Å². The Balaban J connectivity index is 1.32. The Kier molecular flexibility index (Phi) is 6.04. The molecule has 6 rings (SSSR count). The van der Waals surface area contributed by atoms with Crippen LogP contribution in [0, 0.1) is 0 Å². The number of aromatic nitrogens is 4. The number of ether oxygens (including phenoxy) is 1. The number of nitrogens with two attached hydrogens (primary N) is 1. The van der Waals surface area contributed by atoms with E-state index < -0.39 is 0 Å². The van der Waals surface area contributed by atoms with Crippen LogP contribution in [-0.4, -0.2) is 31.7 Å². The number of imidazole rings is 1. The molecule has 1 aliphatic carbocycles. The Morgan fingerprint density at radius 1 is 1.14 bits per heavy atom. The van der Waals surface area contributed by atoms with Crippen LogP contribution < -0.4 is 21.5 Å². The number of anilines is 1. The Bertz CT molecular complexity index is 1530. The van der Waals surface area contributed by atoms with E-state index in [0.29, 0.717) is 29.9 Å². The number of nitrogen functional groups attached to an aromatic ring is 1. The third-order valence-electron chi connectivity index (χ3n) is 7.60. The summed E-state index contributed by atoms with van der Waals surface area (Å²) in [5.74, 6) is 0.204. The van der Waals surface area contributed by atoms with Crippen molar-refractivity contribution in [1.29, 1.82) is 0 Å². The first-order valence-electron chi connectivity index (χ1n) is 13.0. The van der Waals surface area contributed by atoms with Gasteiger partial charge in [-0.15, -0.1) is 0 Å². The molecule has 1 saturated carbocycles. The molecule has 0 saturated heterocycles. The van der Waals surface area contributed by atoms with Gasteiger partial charge < -0.3 is 20.8 Å². The minimum Gasteiger partial charge on any atom is -0.463 e. The molecule has 8 heteroatoms. The van der Waals surface area contributed by atoms with E-state index in [1.54, 1.807) is 4.57 Å². The van der Waals surface area contributed by atoms with Crippen molar-refractivity contribution in [3.8, 4) is 17.1 Å². The summed E-state index contributed by atoms with van der Waals surface area (Å²) in [4.78, 5) is 24.2. The zero-order valence-corrected chi connectivity index (χ0v) is 21.1. The summed E-state index contributed by atoms with van der Waals surface area (Å²) in [5.41, 5.74) is 12.9. The molecular weight excluding hydrogens is 464 g/mol. The minimum absolute atomic E-state index is 0.180. The van der Waals surface area contributed by atoms with Gasteiger partial charge in [0.05, 0.1) is 13.2 Å². The largest absolute Gasteiger partial charge is 0.463 e. The topological polar surface area (TPSA) is 111 Å². The van der Waals surface area contributed by atoms with E-state index in [1.165, 1.54) is 41.5 Å². The molecule has 8 nitrogen and oxygen atoms in total. The molecule has 4 bridgehead atoms. The summed E-state index contributed by atoms with van der Waals surface area (Å²) in [5, 5.41) is 3.71. The number of hydrogen-bond acceptors (Lipinski definition) is 6. The van der Waals surface area contributed by atoms with E-state index in [2.05, 4.69) is 81.8 Å². The Hall–Kier alpha value is -3.91. The maximum Gasteiger partial charge on any atom is 0.328 e. The number of rotatable bonds is 4. The fourth-order valence-electron chi connectivity index (χ4n) is 5.17. The number of fused-ring (bicyclic) bond motifs is 3. The molecule has 2 aromatic carbocycles. The van der Waals surface area contributed by atoms with Crippen molar-refractivity contribution in [2.24, 2.45) is 0 Å². The molecule has 1 fully saturated rings. The third kappa shape index (κ3) is 4.76. The Labute approximate surface area is 215 Å². The highest BCUT2D eigenvalue weighted by Gasteiger charge is 2.30. The SMILES string of the molecule is CC1(NCc2ccc(-c3ccc4cc3C/C=C\CCOc3nc(N)c5[nH]c(=O)n(c5n3)C4)cc2)CCC1. The van der Waals surface area contributed by atoms with Crippen LogP contribution in [0.2, 0.25) is 0 Å². The normalized spacial score (nSPS) is 17.6. The van der Waals surface area contributed by atoms with Crippen molar-refractivity contribution in [1.82, 2.24) is 24.8 Å². The van der Waals surface area contributed by atoms with Gasteiger partial charge in [-0.2, -0.15) is 9.97 Å². The van der Waals surface area contributed by atoms with Crippen molar-refractivity contribution in [3.63, 3.8) is 0 Å². The fraction of sp³-hybridized carbons (Fsp3) is 0.345. The van der Waals surface area contributed by atoms with Crippen molar-refractivity contribution in [2.75, 3.05) is 12.3 Å². The first-order chi connectivity index (χ1) is 18.0. The predicted octanol–water partition coefficient (Wildman–Crippen LogP) is 4.33. The maximum absolute atomic E-state index is 12.8. The first-order valence-corrected chi connectivity index (χ1v) is 13.0. The number of allylic oxidation sites excluding steroid dienone is 1. The molecule has 0 atom stereocenters. The van der Waals surface area contributed by atoms with E-state index in [0.717, 1.165) is 24.9 Å². The molecule has 3 heterocycles. The van der Waals surface area contributed by atoms with E-state index in [1.807, 2.05) is 0 Å². The molecule has 2 aromatic heterocycles. The smallest absolute Gasteiger partial charge is 0.328 e. The summed E-state index contributed by atoms with van der Waals surface area (Å²) in [6.45, 7) is 4.00. The van der Waals surface area contributed by atoms with Crippen LogP contribution >= 0.6 is 0 Å². The Morgan fingerprint density at radius 3 is 2.76 bits per heavy atom. The monoisotopic (exact) mass is 496 g/mol. The summed E-state index contributed by atoms with van der Waals surface area (Å²) >= 11 is 0. The van der Waals surface area contributed by atoms with Crippen molar-refractivity contribution >= 4 is 17.0 Å². The molecule has 190 valence electrons. The van der Waals surface area contributed by atoms with Gasteiger partial charge in [-0.25, -0.2) is 4.79 Å². The summed E-state index contributed by atoms with van der Waals surface area (Å²) in [6.07, 6.45) is 9.63. The number of benzene rings is 2. The average Bonchev–Trinajstić information content (AvgIpc) is 3.19. The molecular formula is C29H32N6O2. The molecule has 2 aliphatic rings. The Morgan fingerprint density at radius 2 is 1.97 bits per heavy atom. The van der Waals surface area contributed by atoms with Crippen LogP contribution in [0.1, 0.15) is 49.3 Å². The molecule has 4 N–H and O–H groups in total. The zero-order valence-electron chi connectivity index (χ0n) is 21.1. The highest BCUT2D eigenvalue weighted by molar-refractivity contribution is 5.82. The first kappa shape index (κ1) is 23.5. The van der Waals surface area contributed by atoms with E-state index in [-0.39, 0.29) is 17.5 Å². The molecule has 0 radical (unpaired) electrons. The lowest BCUT2D eigenvalue weighted by molar-refractivity contribution is 0.207. The molecule has 1 aliphatic heterocycles. The molecule has 0 spiro atoms. The highest BCUT2D eigenvalue weighted by Crippen LogP contribution is 2.32. The minimum atomic E-state index is -0.272. The molecule has 37 heavy (non-hydrogen) atoms. The number of nitrogens with zero attached hydrogens (tertiary/aromatic N) is 3. The lowest BCUT2D eigenvalue weighted by atomic mass is 9.78. The lowest BCUT2D eigenvalue weighted by Crippen LogP contribution is -2.47. The standard InChI is InChI=1S/C29H32N6O2/c1-29(13-5-14-29)31-17-19-7-10-21(11-8-19)23-12-9-20-16-22(23)6-3-2-4-15-37-27-33-25(30)24-26(34-27)35(18-20)28(36)32-24/h2-3,7-12,16,31H,4-6,13-15,17-18H2,1H3,(H,32,36)(H2,30,33,34)/b3-2-. The predicted molar refractivity (Wildman–Crippen MR) is 146 cm³/mol. The quantitative estimate of drug-likeness (QED) is 0.363. The van der Waals surface area contributed by atoms with Crippen LogP contribution in [0.4, 0.5) is 5.82 Å². The maximum atomic E-state index is 12.8. The van der Waals surface area contributed by atoms with Crippen molar-refractivity contribution in [3.05, 3.63) is 81.8 Å². The number of hydrogen-bond donors (Lipinski definition) is 3. The van der Waals surface area contributed by atoms with Crippen LogP contribution in [0.5, 0.6) is 6.01 Å². The van der Waals surface area contributed by atoms with Gasteiger partial charge in [0.15, 0.2) is 11.5 Å². The van der Waals surface area contributed by atoms with Gasteiger partial charge in [-0.05, 0) is 66.8 Å². The van der Waals surface area contributed by atoms with Gasteiger partial charge >= 0.3 is 11.7 Å². The number of nitrogens with one attached hydrogen (secondary N) is 2. The lowest BCUT2D eigenvalue weighted by Gasteiger charge is -2.39. The molecule has 4 aromatic rings. The van der Waals surface area contributed by atoms with Gasteiger partial charge in [-0.1, -0.05) is 54.6 Å². The summed E-state index contributed by atoms with van der Waals surface area (Å²) in [7, 11) is 0. The van der Waals surface area contributed by atoms with Gasteiger partial charge in [-0.3, -0.25) is 4.57 Å². The van der Waals surface area contributed by atoms with Crippen molar-refractivity contribution < 1.29 is 4.74 Å². The second kappa shape index (κ2) is 9.52. The molecule has 0 unspecified atom stereocenters. The second-order valence-corrected chi connectivity index (χ2v) is 10.4. The fourth-order valence-corrected chi connectivity index (χ4v) is 5.17. The van der Waals surface area contributed by atoms with Crippen LogP contribution in [0.3, 0.4) is 0 Å². The van der Waals surface area contributed by atoms with Gasteiger partial charge in [0.1, 0.15) is 5.52 Å². The van der Waals surface area contributed by atoms with E-state index >= 15 is 0 Å².